The Hall–Kier alpha value is -3.06. The van der Waals surface area contributed by atoms with Crippen LogP contribution in [0.15, 0.2) is 77.4 Å². The second kappa shape index (κ2) is 8.75. The first-order chi connectivity index (χ1) is 14.5. The largest absolute Gasteiger partial charge is 0.458 e. The minimum Gasteiger partial charge on any atom is -0.458 e. The minimum absolute atomic E-state index is 0.103. The van der Waals surface area contributed by atoms with Gasteiger partial charge in [-0.3, -0.25) is 15.1 Å². The van der Waals surface area contributed by atoms with E-state index in [1.54, 1.807) is 36.7 Å². The van der Waals surface area contributed by atoms with Crippen LogP contribution in [-0.4, -0.2) is 22.0 Å². The number of aromatic nitrogens is 2. The lowest BCUT2D eigenvalue weighted by atomic mass is 9.81. The zero-order chi connectivity index (χ0) is 21.1. The lowest BCUT2D eigenvalue weighted by Crippen LogP contribution is -2.16. The fourth-order valence-corrected chi connectivity index (χ4v) is 4.39. The molecule has 5 nitrogen and oxygen atoms in total. The van der Waals surface area contributed by atoms with Crippen molar-refractivity contribution in [3.63, 3.8) is 0 Å². The van der Waals surface area contributed by atoms with E-state index < -0.39 is 6.17 Å². The topological polar surface area (TPSA) is 64.1 Å². The molecule has 3 unspecified atom stereocenters. The molecule has 0 bridgehead atoms. The van der Waals surface area contributed by atoms with Gasteiger partial charge in [-0.15, -0.1) is 11.3 Å². The molecule has 1 amide bonds. The summed E-state index contributed by atoms with van der Waals surface area (Å²) >= 11 is 1.41. The molecular weight excluding hydrogens is 401 g/mol. The molecule has 2 aliphatic rings. The molecular formula is C23H22FN3O2S. The first kappa shape index (κ1) is 20.2. The highest BCUT2D eigenvalue weighted by atomic mass is 32.1. The van der Waals surface area contributed by atoms with E-state index in [0.29, 0.717) is 22.9 Å². The van der Waals surface area contributed by atoms with Gasteiger partial charge in [-0.25, -0.2) is 9.37 Å². The van der Waals surface area contributed by atoms with E-state index in [2.05, 4.69) is 35.2 Å². The van der Waals surface area contributed by atoms with Crippen molar-refractivity contribution in [2.24, 2.45) is 5.92 Å². The fraction of sp³-hybridized carbons (Fsp3) is 0.261. The van der Waals surface area contributed by atoms with Crippen LogP contribution in [-0.2, 0) is 4.74 Å². The molecule has 0 radical (unpaired) electrons. The predicted molar refractivity (Wildman–Crippen MR) is 116 cm³/mol. The molecule has 30 heavy (non-hydrogen) atoms. The number of ether oxygens (including phenoxy) is 1. The van der Waals surface area contributed by atoms with Crippen LogP contribution in [0, 0.1) is 5.92 Å². The lowest BCUT2D eigenvalue weighted by molar-refractivity contribution is 0.102. The summed E-state index contributed by atoms with van der Waals surface area (Å²) < 4.78 is 19.2. The molecule has 0 spiro atoms. The average molecular weight is 424 g/mol. The number of amides is 1. The molecule has 0 saturated heterocycles. The number of anilines is 1. The number of alkyl halides is 1. The summed E-state index contributed by atoms with van der Waals surface area (Å²) in [6.07, 6.45) is 11.6. The third-order valence-electron chi connectivity index (χ3n) is 5.07. The van der Waals surface area contributed by atoms with Gasteiger partial charge in [0.05, 0.1) is 5.69 Å². The average Bonchev–Trinajstić information content (AvgIpc) is 3.18. The summed E-state index contributed by atoms with van der Waals surface area (Å²) in [6.45, 7) is 4.16. The van der Waals surface area contributed by atoms with Gasteiger partial charge in [0.2, 0.25) is 0 Å². The van der Waals surface area contributed by atoms with Crippen LogP contribution in [0.3, 0.4) is 0 Å². The predicted octanol–water partition coefficient (Wildman–Crippen LogP) is 5.55. The number of halogens is 1. The number of thiazole rings is 1. The van der Waals surface area contributed by atoms with E-state index in [1.807, 2.05) is 11.5 Å². The number of nitrogens with zero attached hydrogens (tertiary/aromatic N) is 2. The number of carbonyl (C=O) groups is 1. The lowest BCUT2D eigenvalue weighted by Gasteiger charge is -2.26. The van der Waals surface area contributed by atoms with Crippen molar-refractivity contribution < 1.29 is 13.9 Å². The highest BCUT2D eigenvalue weighted by Gasteiger charge is 2.27. The Kier molecular flexibility index (Phi) is 5.90. The van der Waals surface area contributed by atoms with Gasteiger partial charge in [-0.05, 0) is 55.4 Å². The van der Waals surface area contributed by atoms with E-state index in [1.165, 1.54) is 17.4 Å². The molecule has 2 aliphatic carbocycles. The highest BCUT2D eigenvalue weighted by molar-refractivity contribution is 7.14. The first-order valence-electron chi connectivity index (χ1n) is 9.76. The van der Waals surface area contributed by atoms with Crippen LogP contribution < -0.4 is 5.32 Å². The zero-order valence-electron chi connectivity index (χ0n) is 16.7. The Morgan fingerprint density at radius 2 is 2.10 bits per heavy atom. The summed E-state index contributed by atoms with van der Waals surface area (Å²) in [4.78, 5) is 20.9. The number of hydrogen-bond donors (Lipinski definition) is 1. The summed E-state index contributed by atoms with van der Waals surface area (Å²) in [5, 5.41) is 5.40. The van der Waals surface area contributed by atoms with E-state index in [9.17, 15) is 9.18 Å². The maximum absolute atomic E-state index is 13.2. The van der Waals surface area contributed by atoms with Gasteiger partial charge in [0.15, 0.2) is 5.13 Å². The van der Waals surface area contributed by atoms with Gasteiger partial charge >= 0.3 is 0 Å². The van der Waals surface area contributed by atoms with E-state index >= 15 is 0 Å². The van der Waals surface area contributed by atoms with Gasteiger partial charge in [-0.2, -0.15) is 0 Å². The molecule has 154 valence electrons. The summed E-state index contributed by atoms with van der Waals surface area (Å²) in [5.74, 6) is 1.48. The van der Waals surface area contributed by atoms with Crippen LogP contribution in [0.1, 0.15) is 42.2 Å². The van der Waals surface area contributed by atoms with E-state index in [4.69, 9.17) is 4.74 Å². The molecule has 7 heteroatoms. The number of allylic oxidation sites excluding steroid dienone is 6. The van der Waals surface area contributed by atoms with Gasteiger partial charge in [0.1, 0.15) is 17.7 Å². The minimum atomic E-state index is -0.934. The van der Waals surface area contributed by atoms with Crippen molar-refractivity contribution >= 4 is 22.4 Å². The highest BCUT2D eigenvalue weighted by Crippen LogP contribution is 2.39. The van der Waals surface area contributed by atoms with Gasteiger partial charge in [0, 0.05) is 35.7 Å². The standard InChI is InChI=1S/C23H22FN3O2S/c1-14-11-19(29-18-5-3-17(24)4-6-18)12-15(2)21(14)20-13-30-23(26-20)27-22(28)16-7-9-25-10-8-16/h3,5-14,17,21H,4H2,1-2H3,(H,26,27,28). The molecule has 0 aliphatic heterocycles. The van der Waals surface area contributed by atoms with E-state index in [0.717, 1.165) is 17.0 Å². The molecule has 1 N–H and O–H groups in total. The second-order valence-electron chi connectivity index (χ2n) is 7.38. The normalized spacial score (nSPS) is 23.3. The Bertz CT molecular complexity index is 1060. The summed E-state index contributed by atoms with van der Waals surface area (Å²) in [7, 11) is 0. The van der Waals surface area contributed by atoms with Crippen molar-refractivity contribution in [3.8, 4) is 0 Å². The Labute approximate surface area is 178 Å². The zero-order valence-corrected chi connectivity index (χ0v) is 17.5. The van der Waals surface area contributed by atoms with Crippen molar-refractivity contribution in [2.75, 3.05) is 5.32 Å². The monoisotopic (exact) mass is 423 g/mol. The molecule has 3 atom stereocenters. The number of nitrogens with one attached hydrogen (secondary N) is 1. The van der Waals surface area contributed by atoms with Crippen molar-refractivity contribution in [3.05, 3.63) is 88.6 Å². The third kappa shape index (κ3) is 4.57. The molecule has 0 aromatic carbocycles. The fourth-order valence-electron chi connectivity index (χ4n) is 3.64. The SMILES string of the molecule is CC1=CC(OC2=CCC(F)C=C2)=CC(C)C1c1csc(NC(=O)c2ccncc2)n1. The first-order valence-corrected chi connectivity index (χ1v) is 10.6. The Balaban J connectivity index is 1.44. The molecule has 2 heterocycles. The smallest absolute Gasteiger partial charge is 0.257 e. The molecule has 0 fully saturated rings. The van der Waals surface area contributed by atoms with Gasteiger partial charge < -0.3 is 4.74 Å². The summed E-state index contributed by atoms with van der Waals surface area (Å²) in [5.41, 5.74) is 2.58. The summed E-state index contributed by atoms with van der Waals surface area (Å²) in [6, 6.07) is 3.33. The third-order valence-corrected chi connectivity index (χ3v) is 5.84. The van der Waals surface area contributed by atoms with Crippen LogP contribution >= 0.6 is 11.3 Å². The quantitative estimate of drug-likeness (QED) is 0.685. The van der Waals surface area contributed by atoms with Crippen molar-refractivity contribution in [2.45, 2.75) is 32.4 Å². The van der Waals surface area contributed by atoms with Crippen molar-refractivity contribution in [1.82, 2.24) is 9.97 Å². The van der Waals surface area contributed by atoms with Gasteiger partial charge in [0.25, 0.3) is 5.91 Å². The number of hydrogen-bond acceptors (Lipinski definition) is 5. The van der Waals surface area contributed by atoms with Gasteiger partial charge in [-0.1, -0.05) is 12.5 Å². The van der Waals surface area contributed by atoms with Crippen LogP contribution in [0.5, 0.6) is 0 Å². The Morgan fingerprint density at radius 3 is 2.80 bits per heavy atom. The molecule has 0 saturated carbocycles. The molecule has 4 rings (SSSR count). The maximum atomic E-state index is 13.2. The van der Waals surface area contributed by atoms with Crippen LogP contribution in [0.4, 0.5) is 9.52 Å². The Morgan fingerprint density at radius 1 is 1.30 bits per heavy atom. The number of pyridine rings is 1. The number of carbonyl (C=O) groups excluding carboxylic acids is 1. The van der Waals surface area contributed by atoms with Crippen LogP contribution in [0.2, 0.25) is 0 Å². The van der Waals surface area contributed by atoms with E-state index in [-0.39, 0.29) is 17.7 Å². The molecule has 2 aromatic heterocycles. The van der Waals surface area contributed by atoms with Crippen LogP contribution in [0.25, 0.3) is 0 Å². The number of rotatable bonds is 5. The second-order valence-corrected chi connectivity index (χ2v) is 8.24. The molecule has 2 aromatic rings. The maximum Gasteiger partial charge on any atom is 0.257 e. The van der Waals surface area contributed by atoms with Crippen molar-refractivity contribution in [1.29, 1.82) is 0 Å².